The number of amides is 1. The SMILES string of the molecule is COc1cc(-c2ccccc2)ccc1CC(=O)CCC(=O)N1CCCn2nc(C)cc21. The number of hydrogen-bond acceptors (Lipinski definition) is 4. The van der Waals surface area contributed by atoms with Gasteiger partial charge in [0, 0.05) is 44.0 Å². The summed E-state index contributed by atoms with van der Waals surface area (Å²) in [5, 5.41) is 4.42. The van der Waals surface area contributed by atoms with Gasteiger partial charge in [-0.2, -0.15) is 5.10 Å². The van der Waals surface area contributed by atoms with Gasteiger partial charge in [-0.3, -0.25) is 14.5 Å². The second kappa shape index (κ2) is 9.16. The van der Waals surface area contributed by atoms with Gasteiger partial charge in [0.1, 0.15) is 17.4 Å². The van der Waals surface area contributed by atoms with Crippen LogP contribution >= 0.6 is 0 Å². The molecule has 0 unspecified atom stereocenters. The van der Waals surface area contributed by atoms with Crippen LogP contribution < -0.4 is 9.64 Å². The number of methoxy groups -OCH3 is 1. The minimum Gasteiger partial charge on any atom is -0.496 e. The van der Waals surface area contributed by atoms with Crippen molar-refractivity contribution in [1.82, 2.24) is 9.78 Å². The Balaban J connectivity index is 1.38. The number of fused-ring (bicyclic) bond motifs is 1. The second-order valence-corrected chi connectivity index (χ2v) is 7.87. The Kier molecular flexibility index (Phi) is 6.16. The highest BCUT2D eigenvalue weighted by molar-refractivity contribution is 5.95. The summed E-state index contributed by atoms with van der Waals surface area (Å²) in [4.78, 5) is 27.1. The Morgan fingerprint density at radius 3 is 2.58 bits per heavy atom. The number of ether oxygens (including phenoxy) is 1. The van der Waals surface area contributed by atoms with E-state index < -0.39 is 0 Å². The van der Waals surface area contributed by atoms with E-state index >= 15 is 0 Å². The first kappa shape index (κ1) is 20.8. The number of carbonyl (C=O) groups excluding carboxylic acids is 2. The van der Waals surface area contributed by atoms with E-state index in [2.05, 4.69) is 5.10 Å². The van der Waals surface area contributed by atoms with Crippen LogP contribution in [0.4, 0.5) is 5.82 Å². The number of Topliss-reactive ketones (excluding diaryl/α,β-unsaturated/α-hetero) is 1. The summed E-state index contributed by atoms with van der Waals surface area (Å²) in [5.74, 6) is 1.53. The number of ketones is 1. The van der Waals surface area contributed by atoms with E-state index in [4.69, 9.17) is 4.74 Å². The van der Waals surface area contributed by atoms with E-state index in [1.165, 1.54) is 0 Å². The van der Waals surface area contributed by atoms with Crippen LogP contribution in [0.25, 0.3) is 11.1 Å². The van der Waals surface area contributed by atoms with Crippen molar-refractivity contribution in [2.24, 2.45) is 0 Å². The number of anilines is 1. The fourth-order valence-corrected chi connectivity index (χ4v) is 4.04. The van der Waals surface area contributed by atoms with E-state index in [1.54, 1.807) is 12.0 Å². The van der Waals surface area contributed by atoms with Crippen molar-refractivity contribution < 1.29 is 14.3 Å². The van der Waals surface area contributed by atoms with Crippen molar-refractivity contribution in [1.29, 1.82) is 0 Å². The number of nitrogens with zero attached hydrogens (tertiary/aromatic N) is 3. The lowest BCUT2D eigenvalue weighted by Crippen LogP contribution is -2.37. The standard InChI is InChI=1S/C25H27N3O3/c1-18-15-24-27(13-6-14-28(24)26-18)25(30)12-11-22(29)16-21-10-9-20(17-23(21)31-2)19-7-4-3-5-8-19/h3-5,7-10,15,17H,6,11-14,16H2,1-2H3. The Morgan fingerprint density at radius 1 is 1.00 bits per heavy atom. The minimum absolute atomic E-state index is 0.0272. The lowest BCUT2D eigenvalue weighted by molar-refractivity contribution is -0.123. The highest BCUT2D eigenvalue weighted by atomic mass is 16.5. The smallest absolute Gasteiger partial charge is 0.228 e. The lowest BCUT2D eigenvalue weighted by Gasteiger charge is -2.27. The van der Waals surface area contributed by atoms with E-state index in [9.17, 15) is 9.59 Å². The zero-order chi connectivity index (χ0) is 21.8. The molecule has 1 aliphatic heterocycles. The van der Waals surface area contributed by atoms with Gasteiger partial charge in [-0.05, 0) is 30.5 Å². The highest BCUT2D eigenvalue weighted by Gasteiger charge is 2.24. The molecule has 3 aromatic rings. The van der Waals surface area contributed by atoms with Gasteiger partial charge in [0.05, 0.1) is 12.8 Å². The van der Waals surface area contributed by atoms with E-state index in [0.717, 1.165) is 41.2 Å². The monoisotopic (exact) mass is 417 g/mol. The summed E-state index contributed by atoms with van der Waals surface area (Å²) in [6.45, 7) is 3.42. The zero-order valence-corrected chi connectivity index (χ0v) is 18.0. The maximum Gasteiger partial charge on any atom is 0.228 e. The van der Waals surface area contributed by atoms with Gasteiger partial charge < -0.3 is 4.74 Å². The molecule has 2 aromatic carbocycles. The highest BCUT2D eigenvalue weighted by Crippen LogP contribution is 2.28. The topological polar surface area (TPSA) is 64.4 Å². The number of rotatable bonds is 7. The third-order valence-corrected chi connectivity index (χ3v) is 5.61. The van der Waals surface area contributed by atoms with E-state index in [1.807, 2.05) is 66.2 Å². The Labute approximate surface area is 182 Å². The van der Waals surface area contributed by atoms with Crippen LogP contribution in [0, 0.1) is 6.92 Å². The first-order chi connectivity index (χ1) is 15.0. The summed E-state index contributed by atoms with van der Waals surface area (Å²) in [6.07, 6.45) is 1.54. The molecule has 0 aliphatic carbocycles. The van der Waals surface area contributed by atoms with Crippen molar-refractivity contribution in [2.75, 3.05) is 18.6 Å². The number of aromatic nitrogens is 2. The van der Waals surface area contributed by atoms with Gasteiger partial charge in [-0.25, -0.2) is 4.68 Å². The summed E-state index contributed by atoms with van der Waals surface area (Å²) in [7, 11) is 1.61. The molecule has 4 rings (SSSR count). The Bertz CT molecular complexity index is 1090. The number of aryl methyl sites for hydroxylation is 2. The van der Waals surface area contributed by atoms with Crippen LogP contribution in [0.1, 0.15) is 30.5 Å². The van der Waals surface area contributed by atoms with Crippen molar-refractivity contribution in [3.63, 3.8) is 0 Å². The summed E-state index contributed by atoms with van der Waals surface area (Å²) in [6, 6.07) is 17.9. The molecule has 6 nitrogen and oxygen atoms in total. The molecule has 1 amide bonds. The van der Waals surface area contributed by atoms with Gasteiger partial charge >= 0.3 is 0 Å². The molecule has 0 spiro atoms. The van der Waals surface area contributed by atoms with Crippen molar-refractivity contribution in [2.45, 2.75) is 39.2 Å². The Hall–Kier alpha value is -3.41. The molecule has 0 saturated heterocycles. The number of hydrogen-bond donors (Lipinski definition) is 0. The molecule has 31 heavy (non-hydrogen) atoms. The third-order valence-electron chi connectivity index (χ3n) is 5.61. The minimum atomic E-state index is -0.0272. The third kappa shape index (κ3) is 4.68. The van der Waals surface area contributed by atoms with Crippen LogP contribution in [0.5, 0.6) is 5.75 Å². The molecule has 0 saturated carbocycles. The van der Waals surface area contributed by atoms with Crippen LogP contribution in [0.2, 0.25) is 0 Å². The van der Waals surface area contributed by atoms with Crippen LogP contribution in [0.3, 0.4) is 0 Å². The van der Waals surface area contributed by atoms with Gasteiger partial charge in [-0.1, -0.05) is 42.5 Å². The molecule has 1 aromatic heterocycles. The second-order valence-electron chi connectivity index (χ2n) is 7.87. The summed E-state index contributed by atoms with van der Waals surface area (Å²) >= 11 is 0. The van der Waals surface area contributed by atoms with Crippen molar-refractivity contribution in [3.05, 3.63) is 65.9 Å². The van der Waals surface area contributed by atoms with Crippen LogP contribution in [-0.4, -0.2) is 35.1 Å². The van der Waals surface area contributed by atoms with Crippen molar-refractivity contribution in [3.8, 4) is 16.9 Å². The molecular weight excluding hydrogens is 390 g/mol. The van der Waals surface area contributed by atoms with Crippen molar-refractivity contribution >= 4 is 17.5 Å². The Morgan fingerprint density at radius 2 is 1.81 bits per heavy atom. The number of benzene rings is 2. The van der Waals surface area contributed by atoms with Gasteiger partial charge in [-0.15, -0.1) is 0 Å². The predicted octanol–water partition coefficient (Wildman–Crippen LogP) is 4.20. The molecule has 2 heterocycles. The number of carbonyl (C=O) groups is 2. The predicted molar refractivity (Wildman–Crippen MR) is 120 cm³/mol. The molecule has 1 aliphatic rings. The fraction of sp³-hybridized carbons (Fsp3) is 0.320. The quantitative estimate of drug-likeness (QED) is 0.578. The largest absolute Gasteiger partial charge is 0.496 e. The molecule has 6 heteroatoms. The maximum absolute atomic E-state index is 12.8. The molecule has 0 bridgehead atoms. The molecule has 160 valence electrons. The molecule has 0 N–H and O–H groups in total. The normalized spacial score (nSPS) is 13.0. The fourth-order valence-electron chi connectivity index (χ4n) is 4.04. The molecule has 0 radical (unpaired) electrons. The van der Waals surface area contributed by atoms with Gasteiger partial charge in [0.15, 0.2) is 0 Å². The molecular formula is C25H27N3O3. The van der Waals surface area contributed by atoms with Gasteiger partial charge in [0.2, 0.25) is 5.91 Å². The maximum atomic E-state index is 12.8. The average Bonchev–Trinajstić information content (AvgIpc) is 3.18. The molecule has 0 fully saturated rings. The summed E-state index contributed by atoms with van der Waals surface area (Å²) in [5.41, 5.74) is 3.88. The average molecular weight is 418 g/mol. The zero-order valence-electron chi connectivity index (χ0n) is 18.0. The lowest BCUT2D eigenvalue weighted by atomic mass is 9.99. The van der Waals surface area contributed by atoms with Gasteiger partial charge in [0.25, 0.3) is 0 Å². The van der Waals surface area contributed by atoms with E-state index in [0.29, 0.717) is 12.3 Å². The van der Waals surface area contributed by atoms with Crippen LogP contribution in [-0.2, 0) is 22.6 Å². The van der Waals surface area contributed by atoms with E-state index in [-0.39, 0.29) is 31.0 Å². The van der Waals surface area contributed by atoms with Crippen LogP contribution in [0.15, 0.2) is 54.6 Å². The first-order valence-corrected chi connectivity index (χ1v) is 10.6. The summed E-state index contributed by atoms with van der Waals surface area (Å²) < 4.78 is 7.41. The first-order valence-electron chi connectivity index (χ1n) is 10.6. The molecule has 0 atom stereocenters.